The van der Waals surface area contributed by atoms with Gasteiger partial charge in [0, 0.05) is 24.4 Å². The van der Waals surface area contributed by atoms with Crippen LogP contribution in [-0.2, 0) is 0 Å². The lowest BCUT2D eigenvalue weighted by molar-refractivity contribution is 0.358. The first kappa shape index (κ1) is 13.0. The van der Waals surface area contributed by atoms with Gasteiger partial charge in [0.2, 0.25) is 11.8 Å². The van der Waals surface area contributed by atoms with Crippen molar-refractivity contribution < 1.29 is 4.52 Å². The molecule has 0 amide bonds. The topological polar surface area (TPSA) is 67.9 Å². The summed E-state index contributed by atoms with van der Waals surface area (Å²) in [5.41, 5.74) is 0.969. The number of hydrogen-bond acceptors (Lipinski definition) is 6. The number of aryl methyl sites for hydroxylation is 1. The van der Waals surface area contributed by atoms with Crippen LogP contribution in [0.1, 0.15) is 56.1 Å². The van der Waals surface area contributed by atoms with Gasteiger partial charge in [-0.1, -0.05) is 19.0 Å². The maximum absolute atomic E-state index is 5.32. The van der Waals surface area contributed by atoms with E-state index in [1.165, 1.54) is 0 Å². The minimum absolute atomic E-state index is 0.119. The van der Waals surface area contributed by atoms with Crippen molar-refractivity contribution in [1.82, 2.24) is 20.1 Å². The molecule has 1 aliphatic heterocycles. The minimum Gasteiger partial charge on any atom is -0.339 e. The van der Waals surface area contributed by atoms with Crippen LogP contribution in [0.4, 0.5) is 5.95 Å². The van der Waals surface area contributed by atoms with Gasteiger partial charge in [-0.25, -0.2) is 9.97 Å². The summed E-state index contributed by atoms with van der Waals surface area (Å²) in [6.45, 7) is 7.00. The smallest absolute Gasteiger partial charge is 0.229 e. The van der Waals surface area contributed by atoms with E-state index in [-0.39, 0.29) is 12.0 Å². The molecule has 2 aromatic heterocycles. The first-order chi connectivity index (χ1) is 9.65. The van der Waals surface area contributed by atoms with Crippen molar-refractivity contribution in [1.29, 1.82) is 0 Å². The highest BCUT2D eigenvalue weighted by molar-refractivity contribution is 5.35. The molecule has 0 N–H and O–H groups in total. The molecule has 0 bridgehead atoms. The Morgan fingerprint density at radius 3 is 2.90 bits per heavy atom. The van der Waals surface area contributed by atoms with Gasteiger partial charge >= 0.3 is 0 Å². The van der Waals surface area contributed by atoms with E-state index in [0.717, 1.165) is 36.9 Å². The number of aromatic nitrogens is 4. The average molecular weight is 273 g/mol. The van der Waals surface area contributed by atoms with Crippen molar-refractivity contribution in [2.45, 2.75) is 45.6 Å². The summed E-state index contributed by atoms with van der Waals surface area (Å²) in [6, 6.07) is 2.02. The zero-order valence-electron chi connectivity index (χ0n) is 12.1. The van der Waals surface area contributed by atoms with Crippen molar-refractivity contribution in [3.05, 3.63) is 29.7 Å². The van der Waals surface area contributed by atoms with E-state index in [1.54, 1.807) is 6.20 Å². The second-order valence-corrected chi connectivity index (χ2v) is 5.49. The molecule has 2 aromatic rings. The summed E-state index contributed by atoms with van der Waals surface area (Å²) in [5, 5.41) is 4.13. The Morgan fingerprint density at radius 1 is 1.35 bits per heavy atom. The van der Waals surface area contributed by atoms with Crippen molar-refractivity contribution >= 4 is 5.95 Å². The van der Waals surface area contributed by atoms with Crippen LogP contribution in [0.15, 0.2) is 16.8 Å². The summed E-state index contributed by atoms with van der Waals surface area (Å²) in [5.74, 6) is 2.44. The van der Waals surface area contributed by atoms with E-state index in [0.29, 0.717) is 5.89 Å². The number of nitrogens with zero attached hydrogens (tertiary/aromatic N) is 5. The van der Waals surface area contributed by atoms with E-state index in [2.05, 4.69) is 25.0 Å². The zero-order valence-corrected chi connectivity index (χ0v) is 12.1. The molecule has 1 atom stereocenters. The number of rotatable bonds is 3. The largest absolute Gasteiger partial charge is 0.339 e. The summed E-state index contributed by atoms with van der Waals surface area (Å²) in [6.07, 6.45) is 3.89. The molecule has 1 aliphatic rings. The molecular weight excluding hydrogens is 254 g/mol. The van der Waals surface area contributed by atoms with Gasteiger partial charge in [-0.05, 0) is 25.8 Å². The lowest BCUT2D eigenvalue weighted by Crippen LogP contribution is -2.25. The minimum atomic E-state index is 0.119. The van der Waals surface area contributed by atoms with E-state index in [1.807, 2.05) is 26.8 Å². The Balaban J connectivity index is 1.88. The van der Waals surface area contributed by atoms with Gasteiger partial charge in [0.15, 0.2) is 5.82 Å². The zero-order chi connectivity index (χ0) is 14.1. The quantitative estimate of drug-likeness (QED) is 0.856. The van der Waals surface area contributed by atoms with Gasteiger partial charge in [-0.2, -0.15) is 4.98 Å². The van der Waals surface area contributed by atoms with Crippen LogP contribution in [0.3, 0.4) is 0 Å². The van der Waals surface area contributed by atoms with Gasteiger partial charge in [-0.15, -0.1) is 0 Å². The predicted molar refractivity (Wildman–Crippen MR) is 74.5 cm³/mol. The van der Waals surface area contributed by atoms with Gasteiger partial charge in [0.05, 0.1) is 6.04 Å². The van der Waals surface area contributed by atoms with Crippen LogP contribution in [-0.4, -0.2) is 26.7 Å². The monoisotopic (exact) mass is 273 g/mol. The molecule has 0 spiro atoms. The molecule has 106 valence electrons. The predicted octanol–water partition coefficient (Wildman–Crippen LogP) is 2.63. The fourth-order valence-corrected chi connectivity index (χ4v) is 2.47. The molecule has 6 heteroatoms. The van der Waals surface area contributed by atoms with E-state index in [9.17, 15) is 0 Å². The molecule has 6 nitrogen and oxygen atoms in total. The molecule has 0 radical (unpaired) electrons. The Kier molecular flexibility index (Phi) is 3.38. The molecule has 0 aromatic carbocycles. The Hall–Kier alpha value is -1.98. The Labute approximate surface area is 118 Å². The third-order valence-corrected chi connectivity index (χ3v) is 3.54. The van der Waals surface area contributed by atoms with E-state index in [4.69, 9.17) is 4.52 Å². The SMILES string of the molecule is Cc1ccnc(N2CCC[C@H]2c2noc(C(C)C)n2)n1. The van der Waals surface area contributed by atoms with E-state index >= 15 is 0 Å². The second kappa shape index (κ2) is 5.19. The van der Waals surface area contributed by atoms with Crippen molar-refractivity contribution in [2.75, 3.05) is 11.4 Å². The fourth-order valence-electron chi connectivity index (χ4n) is 2.47. The lowest BCUT2D eigenvalue weighted by Gasteiger charge is -2.22. The van der Waals surface area contributed by atoms with Gasteiger partial charge in [0.1, 0.15) is 0 Å². The van der Waals surface area contributed by atoms with Crippen LogP contribution < -0.4 is 4.90 Å². The van der Waals surface area contributed by atoms with Crippen LogP contribution in [0.5, 0.6) is 0 Å². The maximum Gasteiger partial charge on any atom is 0.229 e. The summed E-state index contributed by atoms with van der Waals surface area (Å²) >= 11 is 0. The third-order valence-electron chi connectivity index (χ3n) is 3.54. The first-order valence-corrected chi connectivity index (χ1v) is 7.05. The normalized spacial score (nSPS) is 19.0. The number of anilines is 1. The highest BCUT2D eigenvalue weighted by atomic mass is 16.5. The van der Waals surface area contributed by atoms with Crippen LogP contribution >= 0.6 is 0 Å². The summed E-state index contributed by atoms with van der Waals surface area (Å²) in [4.78, 5) is 15.6. The number of hydrogen-bond donors (Lipinski definition) is 0. The lowest BCUT2D eigenvalue weighted by atomic mass is 10.2. The molecular formula is C14H19N5O. The van der Waals surface area contributed by atoms with E-state index < -0.39 is 0 Å². The molecule has 1 fully saturated rings. The molecule has 20 heavy (non-hydrogen) atoms. The summed E-state index contributed by atoms with van der Waals surface area (Å²) in [7, 11) is 0. The van der Waals surface area contributed by atoms with Crippen LogP contribution in [0.2, 0.25) is 0 Å². The summed E-state index contributed by atoms with van der Waals surface area (Å²) < 4.78 is 5.32. The molecule has 1 saturated heterocycles. The molecule has 3 rings (SSSR count). The van der Waals surface area contributed by atoms with Crippen molar-refractivity contribution in [3.8, 4) is 0 Å². The van der Waals surface area contributed by atoms with Gasteiger partial charge < -0.3 is 9.42 Å². The first-order valence-electron chi connectivity index (χ1n) is 7.05. The third kappa shape index (κ3) is 2.37. The molecule has 0 aliphatic carbocycles. The maximum atomic E-state index is 5.32. The highest BCUT2D eigenvalue weighted by Gasteiger charge is 2.32. The van der Waals surface area contributed by atoms with Gasteiger partial charge in [0.25, 0.3) is 0 Å². The molecule has 0 saturated carbocycles. The average Bonchev–Trinajstić information content (AvgIpc) is 3.07. The second-order valence-electron chi connectivity index (χ2n) is 5.49. The van der Waals surface area contributed by atoms with Crippen molar-refractivity contribution in [3.63, 3.8) is 0 Å². The highest BCUT2D eigenvalue weighted by Crippen LogP contribution is 2.33. The molecule has 0 unspecified atom stereocenters. The van der Waals surface area contributed by atoms with Crippen molar-refractivity contribution in [2.24, 2.45) is 0 Å². The Morgan fingerprint density at radius 2 is 2.20 bits per heavy atom. The molecule has 3 heterocycles. The standard InChI is InChI=1S/C14H19N5O/c1-9(2)13-17-12(18-20-13)11-5-4-8-19(11)14-15-7-6-10(3)16-14/h6-7,9,11H,4-5,8H2,1-3H3/t11-/m0/s1. The van der Waals surface area contributed by atoms with Crippen LogP contribution in [0.25, 0.3) is 0 Å². The Bertz CT molecular complexity index is 595. The van der Waals surface area contributed by atoms with Crippen LogP contribution in [0, 0.1) is 6.92 Å². The fraction of sp³-hybridized carbons (Fsp3) is 0.571. The van der Waals surface area contributed by atoms with Gasteiger partial charge in [-0.3, -0.25) is 0 Å².